The Balaban J connectivity index is 2.34. The molecule has 0 aliphatic heterocycles. The number of hydrogen-bond acceptors (Lipinski definition) is 2. The Hall–Kier alpha value is -1.42. The fraction of sp³-hybridized carbons (Fsp3) is 0.0909. The first-order chi connectivity index (χ1) is 7.29. The standard InChI is InChI=1S/C11H9BrN2O/c12-6-11(15)14-9-5-8-3-1-2-4-10(8)13-7-9/h1-5,7H,6H2,(H,14,15). The van der Waals surface area contributed by atoms with Crippen molar-refractivity contribution in [1.82, 2.24) is 4.98 Å². The van der Waals surface area contributed by atoms with Gasteiger partial charge in [0.15, 0.2) is 0 Å². The van der Waals surface area contributed by atoms with Crippen LogP contribution in [0.3, 0.4) is 0 Å². The number of carbonyl (C=O) groups excluding carboxylic acids is 1. The van der Waals surface area contributed by atoms with Crippen LogP contribution in [0.5, 0.6) is 0 Å². The van der Waals surface area contributed by atoms with Gasteiger partial charge in [-0.05, 0) is 12.1 Å². The van der Waals surface area contributed by atoms with Crippen LogP contribution in [0, 0.1) is 0 Å². The molecule has 2 aromatic rings. The smallest absolute Gasteiger partial charge is 0.235 e. The molecular formula is C11H9BrN2O. The summed E-state index contributed by atoms with van der Waals surface area (Å²) in [6.07, 6.45) is 1.66. The van der Waals surface area contributed by atoms with Gasteiger partial charge >= 0.3 is 0 Å². The number of para-hydroxylation sites is 1. The predicted molar refractivity (Wildman–Crippen MR) is 64.2 cm³/mol. The van der Waals surface area contributed by atoms with Gasteiger partial charge in [-0.15, -0.1) is 0 Å². The number of halogens is 1. The SMILES string of the molecule is O=C(CBr)Nc1cnc2ccccc2c1. The molecule has 0 spiro atoms. The van der Waals surface area contributed by atoms with Gasteiger partial charge < -0.3 is 5.32 Å². The molecule has 0 unspecified atom stereocenters. The zero-order valence-electron chi connectivity index (χ0n) is 7.90. The van der Waals surface area contributed by atoms with E-state index in [1.807, 2.05) is 30.3 Å². The van der Waals surface area contributed by atoms with Crippen molar-refractivity contribution in [2.45, 2.75) is 0 Å². The molecule has 1 aromatic heterocycles. The van der Waals surface area contributed by atoms with Crippen molar-refractivity contribution in [2.24, 2.45) is 0 Å². The van der Waals surface area contributed by atoms with E-state index in [0.29, 0.717) is 5.33 Å². The molecule has 1 amide bonds. The number of hydrogen-bond donors (Lipinski definition) is 1. The second kappa shape index (κ2) is 4.40. The van der Waals surface area contributed by atoms with Crippen molar-refractivity contribution >= 4 is 38.4 Å². The summed E-state index contributed by atoms with van der Waals surface area (Å²) in [6.45, 7) is 0. The minimum atomic E-state index is -0.0768. The molecule has 1 heterocycles. The Labute approximate surface area is 95.6 Å². The zero-order valence-corrected chi connectivity index (χ0v) is 9.49. The summed E-state index contributed by atoms with van der Waals surface area (Å²) in [5.74, 6) is -0.0768. The molecule has 4 heteroatoms. The molecule has 1 N–H and O–H groups in total. The number of pyridine rings is 1. The third kappa shape index (κ3) is 2.33. The molecule has 0 saturated heterocycles. The monoisotopic (exact) mass is 264 g/mol. The summed E-state index contributed by atoms with van der Waals surface area (Å²) in [4.78, 5) is 15.4. The van der Waals surface area contributed by atoms with Crippen molar-refractivity contribution in [3.8, 4) is 0 Å². The number of fused-ring (bicyclic) bond motifs is 1. The summed E-state index contributed by atoms with van der Waals surface area (Å²) < 4.78 is 0. The van der Waals surface area contributed by atoms with E-state index in [4.69, 9.17) is 0 Å². The number of nitrogens with zero attached hydrogens (tertiary/aromatic N) is 1. The lowest BCUT2D eigenvalue weighted by atomic mass is 10.2. The molecule has 76 valence electrons. The maximum Gasteiger partial charge on any atom is 0.235 e. The highest BCUT2D eigenvalue weighted by Crippen LogP contribution is 2.15. The molecule has 0 atom stereocenters. The Bertz CT molecular complexity index is 499. The molecule has 15 heavy (non-hydrogen) atoms. The van der Waals surface area contributed by atoms with E-state index in [0.717, 1.165) is 16.6 Å². The van der Waals surface area contributed by atoms with Crippen molar-refractivity contribution in [3.63, 3.8) is 0 Å². The number of alkyl halides is 1. The van der Waals surface area contributed by atoms with Gasteiger partial charge in [0.1, 0.15) is 0 Å². The largest absolute Gasteiger partial charge is 0.324 e. The average Bonchev–Trinajstić information content (AvgIpc) is 2.29. The molecular weight excluding hydrogens is 256 g/mol. The predicted octanol–water partition coefficient (Wildman–Crippen LogP) is 2.57. The van der Waals surface area contributed by atoms with Crippen molar-refractivity contribution < 1.29 is 4.79 Å². The Morgan fingerprint density at radius 2 is 2.20 bits per heavy atom. The normalized spacial score (nSPS) is 10.2. The number of benzene rings is 1. The summed E-state index contributed by atoms with van der Waals surface area (Å²) in [5.41, 5.74) is 1.65. The minimum Gasteiger partial charge on any atom is -0.324 e. The van der Waals surface area contributed by atoms with E-state index in [1.165, 1.54) is 0 Å². The summed E-state index contributed by atoms with van der Waals surface area (Å²) in [5, 5.41) is 4.05. The number of amides is 1. The van der Waals surface area contributed by atoms with Crippen LogP contribution in [-0.2, 0) is 4.79 Å². The van der Waals surface area contributed by atoms with Crippen LogP contribution in [-0.4, -0.2) is 16.2 Å². The van der Waals surface area contributed by atoms with Gasteiger partial charge in [-0.25, -0.2) is 0 Å². The average molecular weight is 265 g/mol. The Morgan fingerprint density at radius 3 is 3.00 bits per heavy atom. The zero-order chi connectivity index (χ0) is 10.7. The summed E-state index contributed by atoms with van der Waals surface area (Å²) in [7, 11) is 0. The Morgan fingerprint density at radius 1 is 1.40 bits per heavy atom. The van der Waals surface area contributed by atoms with Gasteiger partial charge in [-0.3, -0.25) is 9.78 Å². The topological polar surface area (TPSA) is 42.0 Å². The lowest BCUT2D eigenvalue weighted by molar-refractivity contribution is -0.113. The molecule has 0 radical (unpaired) electrons. The van der Waals surface area contributed by atoms with Crippen molar-refractivity contribution in [3.05, 3.63) is 36.5 Å². The van der Waals surface area contributed by atoms with Gasteiger partial charge in [0.2, 0.25) is 5.91 Å². The fourth-order valence-electron chi connectivity index (χ4n) is 1.33. The fourth-order valence-corrected chi connectivity index (χ4v) is 1.47. The molecule has 0 aliphatic rings. The first-order valence-corrected chi connectivity index (χ1v) is 5.62. The van der Waals surface area contributed by atoms with E-state index < -0.39 is 0 Å². The molecule has 2 rings (SSSR count). The van der Waals surface area contributed by atoms with Gasteiger partial charge in [-0.2, -0.15) is 0 Å². The van der Waals surface area contributed by atoms with Crippen LogP contribution in [0.25, 0.3) is 10.9 Å². The molecule has 0 fully saturated rings. The van der Waals surface area contributed by atoms with Crippen molar-refractivity contribution in [1.29, 1.82) is 0 Å². The number of aromatic nitrogens is 1. The van der Waals surface area contributed by atoms with E-state index in [-0.39, 0.29) is 5.91 Å². The molecule has 0 saturated carbocycles. The van der Waals surface area contributed by atoms with Crippen molar-refractivity contribution in [2.75, 3.05) is 10.6 Å². The number of carbonyl (C=O) groups is 1. The highest BCUT2D eigenvalue weighted by atomic mass is 79.9. The van der Waals surface area contributed by atoms with Crippen LogP contribution in [0.4, 0.5) is 5.69 Å². The van der Waals surface area contributed by atoms with Gasteiger partial charge in [0.05, 0.1) is 22.7 Å². The lowest BCUT2D eigenvalue weighted by Crippen LogP contribution is -2.12. The maximum atomic E-state index is 11.1. The summed E-state index contributed by atoms with van der Waals surface area (Å²) >= 11 is 3.09. The Kier molecular flexibility index (Phi) is 2.97. The van der Waals surface area contributed by atoms with Crippen LogP contribution in [0.1, 0.15) is 0 Å². The third-order valence-electron chi connectivity index (χ3n) is 2.00. The van der Waals surface area contributed by atoms with Crippen LogP contribution < -0.4 is 5.32 Å². The second-order valence-corrected chi connectivity index (χ2v) is 3.66. The van der Waals surface area contributed by atoms with E-state index >= 15 is 0 Å². The maximum absolute atomic E-state index is 11.1. The van der Waals surface area contributed by atoms with Gasteiger partial charge in [0.25, 0.3) is 0 Å². The first kappa shape index (κ1) is 10.1. The van der Waals surface area contributed by atoms with Gasteiger partial charge in [-0.1, -0.05) is 34.1 Å². The number of anilines is 1. The highest BCUT2D eigenvalue weighted by Gasteiger charge is 2.00. The molecule has 1 aromatic carbocycles. The second-order valence-electron chi connectivity index (χ2n) is 3.10. The van der Waals surface area contributed by atoms with Crippen LogP contribution in [0.2, 0.25) is 0 Å². The van der Waals surface area contributed by atoms with E-state index in [9.17, 15) is 4.79 Å². The summed E-state index contributed by atoms with van der Waals surface area (Å²) in [6, 6.07) is 9.69. The lowest BCUT2D eigenvalue weighted by Gasteiger charge is -2.03. The minimum absolute atomic E-state index is 0.0768. The molecule has 3 nitrogen and oxygen atoms in total. The third-order valence-corrected chi connectivity index (χ3v) is 2.50. The number of nitrogens with one attached hydrogen (secondary N) is 1. The molecule has 0 bridgehead atoms. The first-order valence-electron chi connectivity index (χ1n) is 4.50. The van der Waals surface area contributed by atoms with Crippen LogP contribution in [0.15, 0.2) is 36.5 Å². The number of rotatable bonds is 2. The van der Waals surface area contributed by atoms with Crippen LogP contribution >= 0.6 is 15.9 Å². The molecule has 0 aliphatic carbocycles. The van der Waals surface area contributed by atoms with E-state index in [2.05, 4.69) is 26.2 Å². The van der Waals surface area contributed by atoms with Gasteiger partial charge in [0, 0.05) is 5.39 Å². The highest BCUT2D eigenvalue weighted by molar-refractivity contribution is 9.09. The quantitative estimate of drug-likeness (QED) is 0.848. The van der Waals surface area contributed by atoms with E-state index in [1.54, 1.807) is 6.20 Å².